The van der Waals surface area contributed by atoms with Gasteiger partial charge in [-0.15, -0.1) is 12.4 Å². The summed E-state index contributed by atoms with van der Waals surface area (Å²) >= 11 is 0. The van der Waals surface area contributed by atoms with Crippen LogP contribution < -0.4 is 5.32 Å². The summed E-state index contributed by atoms with van der Waals surface area (Å²) in [7, 11) is 0. The van der Waals surface area contributed by atoms with Gasteiger partial charge < -0.3 is 15.0 Å². The van der Waals surface area contributed by atoms with Crippen LogP contribution in [0.2, 0.25) is 0 Å². The monoisotopic (exact) mass is 570 g/mol. The first-order valence-electron chi connectivity index (χ1n) is 13.7. The molecule has 1 aromatic heterocycles. The highest BCUT2D eigenvalue weighted by molar-refractivity contribution is 5.99. The molecule has 0 bridgehead atoms. The van der Waals surface area contributed by atoms with E-state index in [4.69, 9.17) is 4.74 Å². The second kappa shape index (κ2) is 13.4. The minimum Gasteiger partial charge on any atom is -0.457 e. The van der Waals surface area contributed by atoms with Gasteiger partial charge in [-0.3, -0.25) is 4.79 Å². The van der Waals surface area contributed by atoms with Gasteiger partial charge in [-0.05, 0) is 78.3 Å². The highest BCUT2D eigenvalue weighted by Crippen LogP contribution is 2.37. The normalized spacial score (nSPS) is 15.3. The van der Waals surface area contributed by atoms with E-state index in [0.717, 1.165) is 59.0 Å². The molecule has 0 saturated heterocycles. The third-order valence-electron chi connectivity index (χ3n) is 7.54. The number of nitrogens with one attached hydrogen (secondary N) is 2. The topological polar surface area (TPSA) is 54.1 Å². The number of rotatable bonds is 10. The van der Waals surface area contributed by atoms with Gasteiger partial charge >= 0.3 is 5.97 Å². The second-order valence-electron chi connectivity index (χ2n) is 10.3. The van der Waals surface area contributed by atoms with Crippen molar-refractivity contribution >= 4 is 29.3 Å². The Balaban J connectivity index is 0.00000370. The minimum atomic E-state index is -0.422. The van der Waals surface area contributed by atoms with Crippen molar-refractivity contribution in [1.29, 1.82) is 0 Å². The Labute approximate surface area is 238 Å². The van der Waals surface area contributed by atoms with Crippen molar-refractivity contribution < 1.29 is 22.7 Å². The zero-order valence-electron chi connectivity index (χ0n) is 22.4. The third-order valence-corrected chi connectivity index (χ3v) is 7.54. The number of aromatic nitrogens is 1. The van der Waals surface area contributed by atoms with Gasteiger partial charge in [-0.1, -0.05) is 43.7 Å². The molecule has 4 aromatic rings. The van der Waals surface area contributed by atoms with Gasteiger partial charge in [0.15, 0.2) is 0 Å². The van der Waals surface area contributed by atoms with Crippen LogP contribution in [0.1, 0.15) is 68.4 Å². The molecule has 8 heteroatoms. The Morgan fingerprint density at radius 2 is 1.68 bits per heavy atom. The van der Waals surface area contributed by atoms with Crippen LogP contribution in [0.3, 0.4) is 0 Å². The largest absolute Gasteiger partial charge is 0.457 e. The van der Waals surface area contributed by atoms with E-state index in [1.54, 1.807) is 30.3 Å². The van der Waals surface area contributed by atoms with Crippen LogP contribution in [0.15, 0.2) is 60.7 Å². The molecule has 0 spiro atoms. The van der Waals surface area contributed by atoms with E-state index in [2.05, 4.69) is 10.3 Å². The summed E-state index contributed by atoms with van der Waals surface area (Å²) in [6.45, 7) is 2.61. The number of aromatic amines is 1. The van der Waals surface area contributed by atoms with Crippen molar-refractivity contribution in [3.8, 4) is 11.1 Å². The van der Waals surface area contributed by atoms with Crippen molar-refractivity contribution in [1.82, 2.24) is 10.3 Å². The maximum atomic E-state index is 14.8. The van der Waals surface area contributed by atoms with Crippen molar-refractivity contribution in [3.63, 3.8) is 0 Å². The van der Waals surface area contributed by atoms with E-state index in [0.29, 0.717) is 31.3 Å². The van der Waals surface area contributed by atoms with Gasteiger partial charge in [0.1, 0.15) is 23.6 Å². The Morgan fingerprint density at radius 1 is 0.975 bits per heavy atom. The van der Waals surface area contributed by atoms with Crippen molar-refractivity contribution in [2.75, 3.05) is 0 Å². The van der Waals surface area contributed by atoms with E-state index in [-0.39, 0.29) is 41.9 Å². The Hall–Kier alpha value is -3.29. The lowest BCUT2D eigenvalue weighted by atomic mass is 9.93. The van der Waals surface area contributed by atoms with E-state index in [1.165, 1.54) is 30.3 Å². The first-order valence-corrected chi connectivity index (χ1v) is 13.7. The Bertz CT molecular complexity index is 1440. The van der Waals surface area contributed by atoms with Gasteiger partial charge in [0.2, 0.25) is 0 Å². The van der Waals surface area contributed by atoms with Crippen molar-refractivity contribution in [2.45, 2.75) is 70.6 Å². The Morgan fingerprint density at radius 3 is 2.38 bits per heavy atom. The highest BCUT2D eigenvalue weighted by atomic mass is 35.5. The molecule has 1 aliphatic heterocycles. The average molecular weight is 571 g/mol. The number of hydrogen-bond acceptors (Lipinski definition) is 3. The number of esters is 1. The third kappa shape index (κ3) is 6.70. The lowest BCUT2D eigenvalue weighted by Crippen LogP contribution is -2.35. The fourth-order valence-electron chi connectivity index (χ4n) is 5.46. The van der Waals surface area contributed by atoms with Gasteiger partial charge in [0.25, 0.3) is 0 Å². The lowest BCUT2D eigenvalue weighted by molar-refractivity contribution is -0.150. The predicted octanol–water partition coefficient (Wildman–Crippen LogP) is 8.33. The van der Waals surface area contributed by atoms with Gasteiger partial charge in [-0.25, -0.2) is 13.2 Å². The number of fused-ring (bicyclic) bond motifs is 3. The van der Waals surface area contributed by atoms with E-state index in [1.807, 2.05) is 6.92 Å². The molecular weight excluding hydrogens is 537 g/mol. The molecule has 40 heavy (non-hydrogen) atoms. The molecular formula is C32H34ClF3N2O2. The first kappa shape index (κ1) is 29.7. The number of halogens is 4. The summed E-state index contributed by atoms with van der Waals surface area (Å²) in [5.41, 5.74) is 5.01. The van der Waals surface area contributed by atoms with Crippen LogP contribution in [0.25, 0.3) is 22.0 Å². The second-order valence-corrected chi connectivity index (χ2v) is 10.3. The van der Waals surface area contributed by atoms with E-state index >= 15 is 0 Å². The summed E-state index contributed by atoms with van der Waals surface area (Å²) in [4.78, 5) is 15.7. The first-order chi connectivity index (χ1) is 18.9. The molecule has 0 aliphatic carbocycles. The maximum absolute atomic E-state index is 14.8. The molecule has 0 fully saturated rings. The standard InChI is InChI=1S/C32H33F3N2O2.ClH/c1-2-3-7-30(38)39-29(21-10-14-23(34)15-11-21)6-4-5-24-18-28-26(19-36-24)31-25(16-17-27(35)32(31)37-28)20-8-12-22(33)13-9-20;/h8-17,24,29,36-37H,2-7,18-19H2,1H3;1H. The highest BCUT2D eigenvalue weighted by Gasteiger charge is 2.25. The summed E-state index contributed by atoms with van der Waals surface area (Å²) < 4.78 is 47.6. The number of unbranched alkanes of at least 4 members (excludes halogenated alkanes) is 1. The molecule has 0 radical (unpaired) electrons. The maximum Gasteiger partial charge on any atom is 0.306 e. The molecule has 5 rings (SSSR count). The molecule has 2 atom stereocenters. The summed E-state index contributed by atoms with van der Waals surface area (Å²) in [5, 5.41) is 4.42. The number of carbonyl (C=O) groups excluding carboxylic acids is 1. The van der Waals surface area contributed by atoms with Crippen molar-refractivity contribution in [3.05, 3.63) is 94.9 Å². The summed E-state index contributed by atoms with van der Waals surface area (Å²) in [6.07, 6.45) is 4.62. The fourth-order valence-corrected chi connectivity index (χ4v) is 5.46. The zero-order chi connectivity index (χ0) is 27.4. The zero-order valence-corrected chi connectivity index (χ0v) is 23.3. The molecule has 212 valence electrons. The van der Waals surface area contributed by atoms with Crippen LogP contribution in [-0.2, 0) is 22.5 Å². The predicted molar refractivity (Wildman–Crippen MR) is 154 cm³/mol. The number of benzene rings is 3. The SMILES string of the molecule is CCCCC(=O)OC(CCCC1Cc2[nH]c3c(F)ccc(-c4ccc(F)cc4)c3c2CN1)c1ccc(F)cc1.Cl. The molecule has 3 aromatic carbocycles. The van der Waals surface area contributed by atoms with Gasteiger partial charge in [0.05, 0.1) is 5.52 Å². The number of hydrogen-bond donors (Lipinski definition) is 2. The molecule has 2 N–H and O–H groups in total. The van der Waals surface area contributed by atoms with Crippen molar-refractivity contribution in [2.24, 2.45) is 0 Å². The number of H-pyrrole nitrogens is 1. The molecule has 2 heterocycles. The van der Waals surface area contributed by atoms with Crippen LogP contribution in [0.4, 0.5) is 13.2 Å². The quantitative estimate of drug-likeness (QED) is 0.188. The summed E-state index contributed by atoms with van der Waals surface area (Å²) in [5.74, 6) is -1.18. The lowest BCUT2D eigenvalue weighted by Gasteiger charge is -2.25. The molecule has 1 aliphatic rings. The molecule has 2 unspecified atom stereocenters. The average Bonchev–Trinajstić information content (AvgIpc) is 3.32. The molecule has 4 nitrogen and oxygen atoms in total. The number of carbonyl (C=O) groups is 1. The van der Waals surface area contributed by atoms with Crippen LogP contribution in [-0.4, -0.2) is 17.0 Å². The van der Waals surface area contributed by atoms with E-state index < -0.39 is 6.10 Å². The van der Waals surface area contributed by atoms with Gasteiger partial charge in [-0.2, -0.15) is 0 Å². The number of ether oxygens (including phenoxy) is 1. The van der Waals surface area contributed by atoms with Crippen LogP contribution in [0, 0.1) is 17.5 Å². The van der Waals surface area contributed by atoms with Crippen LogP contribution in [0.5, 0.6) is 0 Å². The molecule has 0 saturated carbocycles. The minimum absolute atomic E-state index is 0. The van der Waals surface area contributed by atoms with Crippen LogP contribution >= 0.6 is 12.4 Å². The molecule has 0 amide bonds. The van der Waals surface area contributed by atoms with E-state index in [9.17, 15) is 18.0 Å². The summed E-state index contributed by atoms with van der Waals surface area (Å²) in [6, 6.07) is 15.8. The fraction of sp³-hybridized carbons (Fsp3) is 0.344. The Kier molecular flexibility index (Phi) is 9.93. The van der Waals surface area contributed by atoms with Gasteiger partial charge in [0, 0.05) is 36.5 Å². The smallest absolute Gasteiger partial charge is 0.306 e.